The third kappa shape index (κ3) is 5.23. The van der Waals surface area contributed by atoms with E-state index >= 15 is 0 Å². The Kier molecular flexibility index (Phi) is 7.24. The molecule has 6 rings (SSSR count). The normalized spacial score (nSPS) is 13.1. The van der Waals surface area contributed by atoms with Crippen LogP contribution in [0.15, 0.2) is 110 Å². The second-order valence-electron chi connectivity index (χ2n) is 9.33. The van der Waals surface area contributed by atoms with Crippen molar-refractivity contribution in [2.75, 3.05) is 18.0 Å². The molecule has 0 N–H and O–H groups in total. The quantitative estimate of drug-likeness (QED) is 0.285. The summed E-state index contributed by atoms with van der Waals surface area (Å²) in [5.74, 6) is 0.0793. The highest BCUT2D eigenvalue weighted by Gasteiger charge is 2.25. The van der Waals surface area contributed by atoms with Crippen LogP contribution in [0.4, 0.5) is 5.69 Å². The number of fused-ring (bicyclic) bond motifs is 2. The molecule has 5 aromatic rings. The molecular weight excluding hydrogens is 480 g/mol. The lowest BCUT2D eigenvalue weighted by Crippen LogP contribution is -2.35. The molecular formula is C31H29ClN4O. The Morgan fingerprint density at radius 3 is 2.43 bits per heavy atom. The van der Waals surface area contributed by atoms with Gasteiger partial charge in [-0.25, -0.2) is 4.98 Å². The van der Waals surface area contributed by atoms with Crippen molar-refractivity contribution in [3.63, 3.8) is 0 Å². The Balaban J connectivity index is 0.00000280. The number of hydrogen-bond acceptors (Lipinski definition) is 3. The molecule has 0 atom stereocenters. The zero-order valence-electron chi connectivity index (χ0n) is 20.5. The summed E-state index contributed by atoms with van der Waals surface area (Å²) >= 11 is 0. The molecule has 0 bridgehead atoms. The van der Waals surface area contributed by atoms with Crippen molar-refractivity contribution in [2.24, 2.45) is 0 Å². The lowest BCUT2D eigenvalue weighted by molar-refractivity contribution is 0.0753. The van der Waals surface area contributed by atoms with Crippen LogP contribution < -0.4 is 4.90 Å². The maximum absolute atomic E-state index is 13.7. The highest BCUT2D eigenvalue weighted by Crippen LogP contribution is 2.28. The van der Waals surface area contributed by atoms with Crippen molar-refractivity contribution >= 4 is 34.8 Å². The molecule has 1 aromatic heterocycles. The zero-order valence-corrected chi connectivity index (χ0v) is 21.3. The van der Waals surface area contributed by atoms with Crippen LogP contribution in [0.5, 0.6) is 0 Å². The minimum absolute atomic E-state index is 0. The summed E-state index contributed by atoms with van der Waals surface area (Å²) in [5.41, 5.74) is 5.37. The van der Waals surface area contributed by atoms with E-state index in [0.29, 0.717) is 19.6 Å². The molecule has 6 heteroatoms. The second-order valence-corrected chi connectivity index (χ2v) is 9.33. The fourth-order valence-corrected chi connectivity index (χ4v) is 5.08. The van der Waals surface area contributed by atoms with Gasteiger partial charge in [-0.1, -0.05) is 84.9 Å². The van der Waals surface area contributed by atoms with E-state index in [1.54, 1.807) is 0 Å². The van der Waals surface area contributed by atoms with Crippen molar-refractivity contribution in [3.8, 4) is 0 Å². The molecule has 1 aliphatic heterocycles. The van der Waals surface area contributed by atoms with E-state index in [-0.39, 0.29) is 18.3 Å². The van der Waals surface area contributed by atoms with Crippen molar-refractivity contribution in [1.29, 1.82) is 0 Å². The smallest absolute Gasteiger partial charge is 0.254 e. The molecule has 0 saturated heterocycles. The number of anilines is 1. The van der Waals surface area contributed by atoms with Crippen LogP contribution in [0.1, 0.15) is 27.2 Å². The number of imidazole rings is 1. The van der Waals surface area contributed by atoms with Crippen LogP contribution in [-0.4, -0.2) is 33.4 Å². The van der Waals surface area contributed by atoms with E-state index in [1.807, 2.05) is 47.6 Å². The van der Waals surface area contributed by atoms with Gasteiger partial charge in [0, 0.05) is 43.6 Å². The number of halogens is 1. The van der Waals surface area contributed by atoms with Crippen LogP contribution in [0, 0.1) is 0 Å². The zero-order chi connectivity index (χ0) is 24.3. The van der Waals surface area contributed by atoms with Gasteiger partial charge in [-0.2, -0.15) is 0 Å². The van der Waals surface area contributed by atoms with Crippen LogP contribution >= 0.6 is 12.4 Å². The van der Waals surface area contributed by atoms with Gasteiger partial charge in [-0.15, -0.1) is 12.4 Å². The van der Waals surface area contributed by atoms with Crippen LogP contribution in [0.2, 0.25) is 0 Å². The first-order chi connectivity index (χ1) is 17.7. The van der Waals surface area contributed by atoms with Gasteiger partial charge in [0.05, 0.1) is 18.6 Å². The Morgan fingerprint density at radius 1 is 0.784 bits per heavy atom. The van der Waals surface area contributed by atoms with Crippen molar-refractivity contribution in [2.45, 2.75) is 19.6 Å². The van der Waals surface area contributed by atoms with E-state index in [4.69, 9.17) is 0 Å². The highest BCUT2D eigenvalue weighted by atomic mass is 35.5. The first kappa shape index (κ1) is 24.6. The molecule has 37 heavy (non-hydrogen) atoms. The summed E-state index contributed by atoms with van der Waals surface area (Å²) < 4.78 is 2.13. The summed E-state index contributed by atoms with van der Waals surface area (Å²) in [6.07, 6.45) is 4.03. The van der Waals surface area contributed by atoms with Gasteiger partial charge >= 0.3 is 0 Å². The van der Waals surface area contributed by atoms with Crippen LogP contribution in [-0.2, 0) is 19.6 Å². The predicted molar refractivity (Wildman–Crippen MR) is 151 cm³/mol. The molecule has 0 radical (unpaired) electrons. The fraction of sp³-hybridized carbons (Fsp3) is 0.161. The molecule has 1 aliphatic rings. The molecule has 0 aliphatic carbocycles. The van der Waals surface area contributed by atoms with E-state index in [2.05, 4.69) is 81.3 Å². The number of para-hydroxylation sites is 1. The van der Waals surface area contributed by atoms with Gasteiger partial charge in [0.15, 0.2) is 0 Å². The van der Waals surface area contributed by atoms with Crippen molar-refractivity contribution in [3.05, 3.63) is 132 Å². The first-order valence-corrected chi connectivity index (χ1v) is 12.4. The lowest BCUT2D eigenvalue weighted by atomic mass is 10.0. The second kappa shape index (κ2) is 10.9. The standard InChI is InChI=1S/C31H28N4O.ClH/c36-31(29-15-8-13-25-11-4-6-14-28(25)29)35-18-17-34(30-16-7-5-12-26(30)20-35)22-27-21-33(23-32-27)19-24-9-2-1-3-10-24;/h1-16,21,23H,17-20,22H2;1H. The molecule has 5 nitrogen and oxygen atoms in total. The Labute approximate surface area is 223 Å². The van der Waals surface area contributed by atoms with E-state index in [9.17, 15) is 4.79 Å². The number of carbonyl (C=O) groups excluding carboxylic acids is 1. The Morgan fingerprint density at radius 2 is 1.54 bits per heavy atom. The number of benzene rings is 4. The topological polar surface area (TPSA) is 41.4 Å². The monoisotopic (exact) mass is 508 g/mol. The van der Waals surface area contributed by atoms with Crippen LogP contribution in [0.3, 0.4) is 0 Å². The number of amides is 1. The predicted octanol–water partition coefficient (Wildman–Crippen LogP) is 6.17. The largest absolute Gasteiger partial charge is 0.364 e. The summed E-state index contributed by atoms with van der Waals surface area (Å²) in [6, 6.07) is 32.9. The Bertz CT molecular complexity index is 1510. The maximum Gasteiger partial charge on any atom is 0.254 e. The molecule has 0 saturated carbocycles. The molecule has 1 amide bonds. The summed E-state index contributed by atoms with van der Waals surface area (Å²) in [6.45, 7) is 3.50. The van der Waals surface area contributed by atoms with Gasteiger partial charge in [0.25, 0.3) is 5.91 Å². The number of aromatic nitrogens is 2. The van der Waals surface area contributed by atoms with Gasteiger partial charge in [-0.3, -0.25) is 4.79 Å². The number of nitrogens with zero attached hydrogens (tertiary/aromatic N) is 4. The average molecular weight is 509 g/mol. The summed E-state index contributed by atoms with van der Waals surface area (Å²) in [7, 11) is 0. The molecule has 4 aromatic carbocycles. The minimum Gasteiger partial charge on any atom is -0.364 e. The number of rotatable bonds is 5. The highest BCUT2D eigenvalue weighted by molar-refractivity contribution is 6.07. The van der Waals surface area contributed by atoms with Crippen molar-refractivity contribution < 1.29 is 4.79 Å². The van der Waals surface area contributed by atoms with Gasteiger partial charge < -0.3 is 14.4 Å². The van der Waals surface area contributed by atoms with Gasteiger partial charge in [0.2, 0.25) is 0 Å². The first-order valence-electron chi connectivity index (χ1n) is 12.4. The van der Waals surface area contributed by atoms with E-state index in [0.717, 1.165) is 40.7 Å². The number of hydrogen-bond donors (Lipinski definition) is 0. The molecule has 0 spiro atoms. The molecule has 186 valence electrons. The van der Waals surface area contributed by atoms with Crippen molar-refractivity contribution in [1.82, 2.24) is 14.5 Å². The fourth-order valence-electron chi connectivity index (χ4n) is 5.08. The SMILES string of the molecule is Cl.O=C(c1cccc2ccccc12)N1CCN(Cc2cn(Cc3ccccc3)cn2)c2ccccc2C1. The summed E-state index contributed by atoms with van der Waals surface area (Å²) in [4.78, 5) is 22.7. The average Bonchev–Trinajstić information content (AvgIpc) is 3.28. The van der Waals surface area contributed by atoms with Gasteiger partial charge in [-0.05, 0) is 34.0 Å². The van der Waals surface area contributed by atoms with E-state index < -0.39 is 0 Å². The van der Waals surface area contributed by atoms with E-state index in [1.165, 1.54) is 11.3 Å². The third-order valence-electron chi connectivity index (χ3n) is 6.89. The molecule has 0 unspecified atom stereocenters. The summed E-state index contributed by atoms with van der Waals surface area (Å²) in [5, 5.41) is 2.09. The molecule has 0 fully saturated rings. The maximum atomic E-state index is 13.7. The third-order valence-corrected chi connectivity index (χ3v) is 6.89. The van der Waals surface area contributed by atoms with Gasteiger partial charge in [0.1, 0.15) is 0 Å². The number of carbonyl (C=O) groups is 1. The lowest BCUT2D eigenvalue weighted by Gasteiger charge is -2.24. The Hall–Kier alpha value is -4.09. The van der Waals surface area contributed by atoms with Crippen LogP contribution in [0.25, 0.3) is 10.8 Å². The minimum atomic E-state index is 0. The molecule has 2 heterocycles.